The first-order chi connectivity index (χ1) is 19.9. The first kappa shape index (κ1) is 28.1. The Labute approximate surface area is 250 Å². The number of para-hydroxylation sites is 2. The van der Waals surface area contributed by atoms with Crippen LogP contribution in [0.3, 0.4) is 0 Å². The van der Waals surface area contributed by atoms with E-state index in [0.717, 1.165) is 73.8 Å². The Morgan fingerprint density at radius 1 is 0.927 bits per heavy atom. The second-order valence-electron chi connectivity index (χ2n) is 11.6. The topological polar surface area (TPSA) is 61.3 Å². The van der Waals surface area contributed by atoms with Crippen LogP contribution < -0.4 is 5.69 Å². The molecule has 41 heavy (non-hydrogen) atoms. The van der Waals surface area contributed by atoms with Gasteiger partial charge in [0.25, 0.3) is 0 Å². The molecular formula is C33H36Cl2N4O2. The minimum Gasteiger partial charge on any atom is -0.337 e. The van der Waals surface area contributed by atoms with Crippen LogP contribution in [0, 0.1) is 0 Å². The van der Waals surface area contributed by atoms with Gasteiger partial charge in [0.1, 0.15) is 0 Å². The summed E-state index contributed by atoms with van der Waals surface area (Å²) < 4.78 is 1.95. The van der Waals surface area contributed by atoms with Crippen molar-refractivity contribution in [2.45, 2.75) is 63.1 Å². The highest BCUT2D eigenvalue weighted by atomic mass is 35.5. The third-order valence-corrected chi connectivity index (χ3v) is 9.75. The Hall–Kier alpha value is -3.06. The lowest BCUT2D eigenvalue weighted by molar-refractivity contribution is -0.136. The Morgan fingerprint density at radius 2 is 1.73 bits per heavy atom. The molecule has 2 aliphatic heterocycles. The van der Waals surface area contributed by atoms with Gasteiger partial charge in [0.05, 0.1) is 27.2 Å². The number of amides is 1. The van der Waals surface area contributed by atoms with E-state index in [0.29, 0.717) is 29.6 Å². The van der Waals surface area contributed by atoms with Crippen LogP contribution in [-0.2, 0) is 16.8 Å². The van der Waals surface area contributed by atoms with Crippen LogP contribution in [0.15, 0.2) is 77.6 Å². The van der Waals surface area contributed by atoms with E-state index >= 15 is 0 Å². The molecule has 0 aliphatic carbocycles. The maximum atomic E-state index is 13.1. The van der Waals surface area contributed by atoms with E-state index < -0.39 is 0 Å². The number of aromatic nitrogens is 2. The molecule has 4 aromatic rings. The second-order valence-corrected chi connectivity index (χ2v) is 12.4. The van der Waals surface area contributed by atoms with E-state index in [1.807, 2.05) is 64.1 Å². The normalized spacial score (nSPS) is 22.0. The number of rotatable bonds is 8. The first-order valence-electron chi connectivity index (χ1n) is 14.6. The lowest BCUT2D eigenvalue weighted by atomic mass is 9.70. The number of nitrogens with zero attached hydrogens (tertiary/aromatic N) is 3. The van der Waals surface area contributed by atoms with Gasteiger partial charge >= 0.3 is 5.69 Å². The minimum absolute atomic E-state index is 0.0378. The van der Waals surface area contributed by atoms with Crippen LogP contribution in [-0.4, -0.2) is 44.9 Å². The monoisotopic (exact) mass is 590 g/mol. The van der Waals surface area contributed by atoms with Gasteiger partial charge in [0.15, 0.2) is 0 Å². The zero-order chi connectivity index (χ0) is 28.4. The van der Waals surface area contributed by atoms with Gasteiger partial charge in [-0.2, -0.15) is 0 Å². The standard InChI is InChI=1S/C33H36Cl2N4O2/c34-26-15-14-25(21-27(26)35)33(18-16-31(40)38(23-33)22-24-9-2-1-3-10-24)17-8-20-37-19-7-6-13-30(37)39-29-12-5-4-11-28(29)36-32(39)41/h1-5,9-12,14-15,21,30H,6-8,13,16-20,22-23H2,(H,36,41). The number of carbonyl (C=O) groups excluding carboxylic acids is 1. The van der Waals surface area contributed by atoms with Gasteiger partial charge < -0.3 is 9.88 Å². The predicted octanol–water partition coefficient (Wildman–Crippen LogP) is 7.16. The van der Waals surface area contributed by atoms with E-state index in [9.17, 15) is 9.59 Å². The Balaban J connectivity index is 1.25. The van der Waals surface area contributed by atoms with Crippen molar-refractivity contribution in [3.63, 3.8) is 0 Å². The summed E-state index contributed by atoms with van der Waals surface area (Å²) in [5.74, 6) is 0.194. The quantitative estimate of drug-likeness (QED) is 0.237. The highest BCUT2D eigenvalue weighted by Crippen LogP contribution is 2.41. The van der Waals surface area contributed by atoms with Gasteiger partial charge in [-0.3, -0.25) is 14.3 Å². The molecule has 0 bridgehead atoms. The van der Waals surface area contributed by atoms with Crippen molar-refractivity contribution >= 4 is 40.1 Å². The smallest absolute Gasteiger partial charge is 0.327 e. The lowest BCUT2D eigenvalue weighted by Gasteiger charge is -2.44. The fraction of sp³-hybridized carbons (Fsp3) is 0.394. The first-order valence-corrected chi connectivity index (χ1v) is 15.4. The average Bonchev–Trinajstić information content (AvgIpc) is 3.32. The summed E-state index contributed by atoms with van der Waals surface area (Å²) in [4.78, 5) is 33.7. The Morgan fingerprint density at radius 3 is 2.56 bits per heavy atom. The zero-order valence-electron chi connectivity index (χ0n) is 23.2. The molecule has 3 aromatic carbocycles. The van der Waals surface area contributed by atoms with Crippen LogP contribution in [0.4, 0.5) is 0 Å². The number of imidazole rings is 1. The SMILES string of the molecule is O=C1CCC(CCCN2CCCCC2n2c(=O)[nH]c3ccccc32)(c2ccc(Cl)c(Cl)c2)CN1Cc1ccccc1. The molecule has 6 rings (SSSR count). The zero-order valence-corrected chi connectivity index (χ0v) is 24.7. The number of H-pyrrole nitrogens is 1. The van der Waals surface area contributed by atoms with Crippen molar-refractivity contribution in [3.8, 4) is 0 Å². The highest BCUT2D eigenvalue weighted by Gasteiger charge is 2.40. The lowest BCUT2D eigenvalue weighted by Crippen LogP contribution is -2.49. The number of piperidine rings is 2. The van der Waals surface area contributed by atoms with Gasteiger partial charge in [-0.05, 0) is 73.9 Å². The van der Waals surface area contributed by atoms with E-state index in [2.05, 4.69) is 28.1 Å². The second kappa shape index (κ2) is 12.0. The average molecular weight is 592 g/mol. The molecule has 6 nitrogen and oxygen atoms in total. The number of hydrogen-bond acceptors (Lipinski definition) is 3. The number of hydrogen-bond donors (Lipinski definition) is 1. The maximum absolute atomic E-state index is 13.1. The fourth-order valence-corrected chi connectivity index (χ4v) is 7.21. The largest absolute Gasteiger partial charge is 0.337 e. The molecule has 1 aromatic heterocycles. The van der Waals surface area contributed by atoms with E-state index in [-0.39, 0.29) is 23.2 Å². The fourth-order valence-electron chi connectivity index (χ4n) is 6.91. The number of nitrogens with one attached hydrogen (secondary N) is 1. The summed E-state index contributed by atoms with van der Waals surface area (Å²) in [6, 6.07) is 24.1. The molecule has 0 saturated carbocycles. The van der Waals surface area contributed by atoms with E-state index in [1.165, 1.54) is 0 Å². The summed E-state index contributed by atoms with van der Waals surface area (Å²) >= 11 is 12.8. The van der Waals surface area contributed by atoms with Crippen molar-refractivity contribution in [3.05, 3.63) is 104 Å². The summed E-state index contributed by atoms with van der Waals surface area (Å²) in [6.45, 7) is 3.09. The van der Waals surface area contributed by atoms with Gasteiger partial charge in [0, 0.05) is 38.0 Å². The number of carbonyl (C=O) groups is 1. The number of halogens is 2. The minimum atomic E-state index is -0.222. The van der Waals surface area contributed by atoms with Crippen LogP contribution in [0.25, 0.3) is 11.0 Å². The summed E-state index contributed by atoms with van der Waals surface area (Å²) in [6.07, 6.45) is 6.37. The molecule has 214 valence electrons. The van der Waals surface area contributed by atoms with Crippen molar-refractivity contribution in [1.82, 2.24) is 19.4 Å². The summed E-state index contributed by atoms with van der Waals surface area (Å²) in [7, 11) is 0. The van der Waals surface area contributed by atoms with E-state index in [4.69, 9.17) is 23.2 Å². The van der Waals surface area contributed by atoms with Crippen molar-refractivity contribution in [2.75, 3.05) is 19.6 Å². The highest BCUT2D eigenvalue weighted by molar-refractivity contribution is 6.42. The van der Waals surface area contributed by atoms with Gasteiger partial charge in [0.2, 0.25) is 5.91 Å². The maximum Gasteiger partial charge on any atom is 0.327 e. The van der Waals surface area contributed by atoms with Crippen LogP contribution in [0.5, 0.6) is 0 Å². The van der Waals surface area contributed by atoms with Gasteiger partial charge in [-0.15, -0.1) is 0 Å². The molecule has 2 saturated heterocycles. The predicted molar refractivity (Wildman–Crippen MR) is 165 cm³/mol. The number of fused-ring (bicyclic) bond motifs is 1. The third-order valence-electron chi connectivity index (χ3n) is 9.01. The molecular weight excluding hydrogens is 555 g/mol. The molecule has 8 heteroatoms. The Bertz CT molecular complexity index is 1580. The summed E-state index contributed by atoms with van der Waals surface area (Å²) in [5.41, 5.74) is 3.85. The molecule has 0 spiro atoms. The Kier molecular flexibility index (Phi) is 8.25. The van der Waals surface area contributed by atoms with Crippen molar-refractivity contribution in [2.24, 2.45) is 0 Å². The molecule has 2 atom stereocenters. The van der Waals surface area contributed by atoms with Crippen molar-refractivity contribution in [1.29, 1.82) is 0 Å². The summed E-state index contributed by atoms with van der Waals surface area (Å²) in [5, 5.41) is 1.09. The molecule has 2 unspecified atom stereocenters. The van der Waals surface area contributed by atoms with Crippen LogP contribution >= 0.6 is 23.2 Å². The molecule has 0 radical (unpaired) electrons. The molecule has 3 heterocycles. The third kappa shape index (κ3) is 5.83. The molecule has 2 fully saturated rings. The van der Waals surface area contributed by atoms with Gasteiger partial charge in [-0.1, -0.05) is 71.7 Å². The van der Waals surface area contributed by atoms with E-state index in [1.54, 1.807) is 0 Å². The number of benzene rings is 3. The number of likely N-dealkylation sites (tertiary alicyclic amines) is 2. The molecule has 2 aliphatic rings. The number of aromatic amines is 1. The van der Waals surface area contributed by atoms with Gasteiger partial charge in [-0.25, -0.2) is 4.79 Å². The molecule has 1 N–H and O–H groups in total. The van der Waals surface area contributed by atoms with Crippen molar-refractivity contribution < 1.29 is 4.79 Å². The molecule has 1 amide bonds. The van der Waals surface area contributed by atoms with Crippen LogP contribution in [0.1, 0.15) is 62.2 Å². The van der Waals surface area contributed by atoms with Crippen LogP contribution in [0.2, 0.25) is 10.0 Å².